The normalized spacial score (nSPS) is 18.0. The molecule has 102 valence electrons. The molecule has 1 saturated carbocycles. The molecule has 1 fully saturated rings. The Balaban J connectivity index is 1.82. The Kier molecular flexibility index (Phi) is 4.75. The minimum Gasteiger partial charge on any atom is -0.339 e. The Morgan fingerprint density at radius 3 is 2.67 bits per heavy atom. The van der Waals surface area contributed by atoms with Crippen LogP contribution in [0.5, 0.6) is 0 Å². The van der Waals surface area contributed by atoms with Crippen molar-refractivity contribution in [3.05, 3.63) is 11.7 Å². The number of nitrogens with zero attached hydrogens (tertiary/aromatic N) is 2. The monoisotopic (exact) mass is 251 g/mol. The fourth-order valence-corrected chi connectivity index (χ4v) is 2.54. The van der Waals surface area contributed by atoms with Gasteiger partial charge in [0.1, 0.15) is 0 Å². The van der Waals surface area contributed by atoms with Crippen LogP contribution in [0.1, 0.15) is 63.6 Å². The standard InChI is InChI=1S/C14H25N3O/c1-10(2)11(8-9-15)6-7-13-16-14(17-18-13)12-4-3-5-12/h10-12H,3-9,15H2,1-2H3. The van der Waals surface area contributed by atoms with E-state index in [1.807, 2.05) is 0 Å². The molecule has 0 saturated heterocycles. The first-order valence-corrected chi connectivity index (χ1v) is 7.23. The van der Waals surface area contributed by atoms with E-state index in [0.29, 0.717) is 17.8 Å². The molecule has 0 amide bonds. The van der Waals surface area contributed by atoms with Gasteiger partial charge in [0.2, 0.25) is 5.89 Å². The summed E-state index contributed by atoms with van der Waals surface area (Å²) in [6.07, 6.45) is 6.83. The molecule has 0 aromatic carbocycles. The van der Waals surface area contributed by atoms with Gasteiger partial charge >= 0.3 is 0 Å². The zero-order chi connectivity index (χ0) is 13.0. The van der Waals surface area contributed by atoms with Crippen molar-refractivity contribution in [2.75, 3.05) is 6.54 Å². The van der Waals surface area contributed by atoms with Crippen molar-refractivity contribution in [2.45, 2.75) is 58.3 Å². The van der Waals surface area contributed by atoms with Crippen molar-refractivity contribution in [3.63, 3.8) is 0 Å². The van der Waals surface area contributed by atoms with Gasteiger partial charge in [-0.2, -0.15) is 4.98 Å². The van der Waals surface area contributed by atoms with Crippen LogP contribution in [0, 0.1) is 11.8 Å². The minimum absolute atomic E-state index is 0.562. The molecule has 0 radical (unpaired) electrons. The molecule has 1 aliphatic carbocycles. The molecular formula is C14H25N3O. The van der Waals surface area contributed by atoms with Crippen LogP contribution in [-0.2, 0) is 6.42 Å². The predicted octanol–water partition coefficient (Wildman–Crippen LogP) is 2.89. The molecule has 0 aliphatic heterocycles. The van der Waals surface area contributed by atoms with Gasteiger partial charge in [0.05, 0.1) is 0 Å². The lowest BCUT2D eigenvalue weighted by atomic mass is 9.85. The van der Waals surface area contributed by atoms with Crippen LogP contribution in [0.2, 0.25) is 0 Å². The average molecular weight is 251 g/mol. The third-order valence-electron chi connectivity index (χ3n) is 4.16. The highest BCUT2D eigenvalue weighted by Crippen LogP contribution is 2.34. The van der Waals surface area contributed by atoms with Crippen molar-refractivity contribution in [2.24, 2.45) is 17.6 Å². The Hall–Kier alpha value is -0.900. The second-order valence-electron chi connectivity index (χ2n) is 5.79. The number of nitrogens with two attached hydrogens (primary N) is 1. The quantitative estimate of drug-likeness (QED) is 0.809. The molecule has 1 aromatic heterocycles. The van der Waals surface area contributed by atoms with Crippen molar-refractivity contribution >= 4 is 0 Å². The Morgan fingerprint density at radius 1 is 1.33 bits per heavy atom. The van der Waals surface area contributed by atoms with E-state index in [1.54, 1.807) is 0 Å². The van der Waals surface area contributed by atoms with E-state index in [1.165, 1.54) is 19.3 Å². The van der Waals surface area contributed by atoms with E-state index in [2.05, 4.69) is 24.0 Å². The van der Waals surface area contributed by atoms with Crippen LogP contribution in [0.4, 0.5) is 0 Å². The summed E-state index contributed by atoms with van der Waals surface area (Å²) in [7, 11) is 0. The molecule has 4 nitrogen and oxygen atoms in total. The van der Waals surface area contributed by atoms with Crippen LogP contribution >= 0.6 is 0 Å². The molecule has 2 N–H and O–H groups in total. The summed E-state index contributed by atoms with van der Waals surface area (Å²) in [5.41, 5.74) is 5.65. The molecule has 1 aliphatic rings. The molecule has 18 heavy (non-hydrogen) atoms. The molecule has 2 rings (SSSR count). The predicted molar refractivity (Wildman–Crippen MR) is 71.2 cm³/mol. The maximum absolute atomic E-state index is 5.65. The first-order valence-electron chi connectivity index (χ1n) is 7.23. The summed E-state index contributed by atoms with van der Waals surface area (Å²) >= 11 is 0. The van der Waals surface area contributed by atoms with E-state index in [-0.39, 0.29) is 0 Å². The van der Waals surface area contributed by atoms with Gasteiger partial charge < -0.3 is 10.3 Å². The van der Waals surface area contributed by atoms with Gasteiger partial charge in [-0.15, -0.1) is 0 Å². The highest BCUT2D eigenvalue weighted by Gasteiger charge is 2.24. The molecular weight excluding hydrogens is 226 g/mol. The number of hydrogen-bond acceptors (Lipinski definition) is 4. The Bertz CT molecular complexity index is 358. The summed E-state index contributed by atoms with van der Waals surface area (Å²) in [6.45, 7) is 5.28. The van der Waals surface area contributed by atoms with Crippen molar-refractivity contribution in [3.8, 4) is 0 Å². The molecule has 0 bridgehead atoms. The van der Waals surface area contributed by atoms with Gasteiger partial charge in [0.15, 0.2) is 5.82 Å². The van der Waals surface area contributed by atoms with Crippen LogP contribution in [0.15, 0.2) is 4.52 Å². The fraction of sp³-hybridized carbons (Fsp3) is 0.857. The smallest absolute Gasteiger partial charge is 0.226 e. The molecule has 1 heterocycles. The van der Waals surface area contributed by atoms with Gasteiger partial charge in [-0.1, -0.05) is 25.4 Å². The topological polar surface area (TPSA) is 64.9 Å². The largest absolute Gasteiger partial charge is 0.339 e. The van der Waals surface area contributed by atoms with Crippen LogP contribution in [0.25, 0.3) is 0 Å². The summed E-state index contributed by atoms with van der Waals surface area (Å²) in [5.74, 6) is 3.62. The zero-order valence-electron chi connectivity index (χ0n) is 11.6. The van der Waals surface area contributed by atoms with E-state index in [9.17, 15) is 0 Å². The summed E-state index contributed by atoms with van der Waals surface area (Å²) in [6, 6.07) is 0. The van der Waals surface area contributed by atoms with Crippen LogP contribution < -0.4 is 5.73 Å². The second-order valence-corrected chi connectivity index (χ2v) is 5.79. The third kappa shape index (κ3) is 3.31. The summed E-state index contributed by atoms with van der Waals surface area (Å²) in [4.78, 5) is 4.51. The SMILES string of the molecule is CC(C)C(CCN)CCc1nc(C2CCC2)no1. The third-order valence-corrected chi connectivity index (χ3v) is 4.16. The minimum atomic E-state index is 0.562. The summed E-state index contributed by atoms with van der Waals surface area (Å²) < 4.78 is 5.34. The number of hydrogen-bond donors (Lipinski definition) is 1. The van der Waals surface area contributed by atoms with Crippen LogP contribution in [0.3, 0.4) is 0 Å². The van der Waals surface area contributed by atoms with Crippen LogP contribution in [-0.4, -0.2) is 16.7 Å². The molecule has 1 atom stereocenters. The van der Waals surface area contributed by atoms with Gasteiger partial charge in [-0.05, 0) is 44.1 Å². The first kappa shape index (κ1) is 13.5. The van der Waals surface area contributed by atoms with Gasteiger partial charge in [0, 0.05) is 12.3 Å². The van der Waals surface area contributed by atoms with Crippen molar-refractivity contribution in [1.82, 2.24) is 10.1 Å². The lowest BCUT2D eigenvalue weighted by molar-refractivity contribution is 0.309. The molecule has 1 unspecified atom stereocenters. The van der Waals surface area contributed by atoms with Crippen molar-refractivity contribution in [1.29, 1.82) is 0 Å². The van der Waals surface area contributed by atoms with E-state index in [0.717, 1.165) is 37.5 Å². The average Bonchev–Trinajstić information content (AvgIpc) is 2.70. The van der Waals surface area contributed by atoms with Gasteiger partial charge in [0.25, 0.3) is 0 Å². The first-order chi connectivity index (χ1) is 8.70. The molecule has 0 spiro atoms. The van der Waals surface area contributed by atoms with Gasteiger partial charge in [-0.3, -0.25) is 0 Å². The van der Waals surface area contributed by atoms with E-state index < -0.39 is 0 Å². The maximum Gasteiger partial charge on any atom is 0.226 e. The molecule has 4 heteroatoms. The molecule has 1 aromatic rings. The van der Waals surface area contributed by atoms with Gasteiger partial charge in [-0.25, -0.2) is 0 Å². The highest BCUT2D eigenvalue weighted by molar-refractivity contribution is 4.99. The maximum atomic E-state index is 5.65. The fourth-order valence-electron chi connectivity index (χ4n) is 2.54. The van der Waals surface area contributed by atoms with E-state index >= 15 is 0 Å². The Labute approximate surface area is 109 Å². The lowest BCUT2D eigenvalue weighted by Gasteiger charge is -2.21. The van der Waals surface area contributed by atoms with Crippen molar-refractivity contribution < 1.29 is 4.52 Å². The number of aromatic nitrogens is 2. The highest BCUT2D eigenvalue weighted by atomic mass is 16.5. The number of rotatable bonds is 7. The summed E-state index contributed by atoms with van der Waals surface area (Å²) in [5, 5.41) is 4.10. The number of aryl methyl sites for hydroxylation is 1. The lowest BCUT2D eigenvalue weighted by Crippen LogP contribution is -2.15. The van der Waals surface area contributed by atoms with E-state index in [4.69, 9.17) is 10.3 Å². The Morgan fingerprint density at radius 2 is 2.11 bits per heavy atom. The second kappa shape index (κ2) is 6.32. The zero-order valence-corrected chi connectivity index (χ0v) is 11.6.